The predicted octanol–water partition coefficient (Wildman–Crippen LogP) is 3.77. The van der Waals surface area contributed by atoms with E-state index in [9.17, 15) is 8.78 Å². The van der Waals surface area contributed by atoms with E-state index in [2.05, 4.69) is 15.1 Å². The second-order valence-electron chi connectivity index (χ2n) is 4.35. The summed E-state index contributed by atoms with van der Waals surface area (Å²) in [7, 11) is 0. The van der Waals surface area contributed by atoms with Gasteiger partial charge in [-0.1, -0.05) is 11.2 Å². The van der Waals surface area contributed by atoms with E-state index in [1.807, 2.05) is 19.9 Å². The second-order valence-corrected chi connectivity index (χ2v) is 4.35. The number of aryl methyl sites for hydroxylation is 2. The van der Waals surface area contributed by atoms with Gasteiger partial charge in [0.15, 0.2) is 5.82 Å². The standard InChI is InChI=1S/C13H11F2N3O/c1-6-11(7(2)19-18-6)8-3-4-9-10(5-8)17-13(16-9)12(14)15/h3-5,12H,1-2H3,(H,16,17). The highest BCUT2D eigenvalue weighted by molar-refractivity contribution is 5.83. The van der Waals surface area contributed by atoms with Gasteiger partial charge in [-0.3, -0.25) is 0 Å². The van der Waals surface area contributed by atoms with Crippen molar-refractivity contribution < 1.29 is 13.3 Å². The Morgan fingerprint density at radius 1 is 1.26 bits per heavy atom. The van der Waals surface area contributed by atoms with Gasteiger partial charge >= 0.3 is 0 Å². The number of hydrogen-bond acceptors (Lipinski definition) is 3. The average molecular weight is 263 g/mol. The number of H-pyrrole nitrogens is 1. The Hall–Kier alpha value is -2.24. The molecule has 2 heterocycles. The normalized spacial score (nSPS) is 11.6. The van der Waals surface area contributed by atoms with Crippen LogP contribution in [0, 0.1) is 13.8 Å². The minimum Gasteiger partial charge on any atom is -0.361 e. The smallest absolute Gasteiger partial charge is 0.295 e. The molecule has 0 atom stereocenters. The lowest BCUT2D eigenvalue weighted by Crippen LogP contribution is -1.85. The van der Waals surface area contributed by atoms with E-state index in [4.69, 9.17) is 4.52 Å². The molecule has 98 valence electrons. The van der Waals surface area contributed by atoms with E-state index in [0.29, 0.717) is 16.8 Å². The molecule has 1 aromatic carbocycles. The molecule has 0 unspecified atom stereocenters. The Balaban J connectivity index is 2.16. The van der Waals surface area contributed by atoms with Gasteiger partial charge in [0.1, 0.15) is 5.76 Å². The zero-order valence-electron chi connectivity index (χ0n) is 10.4. The molecule has 0 spiro atoms. The van der Waals surface area contributed by atoms with Gasteiger partial charge in [-0.2, -0.15) is 0 Å². The first-order valence-corrected chi connectivity index (χ1v) is 5.77. The summed E-state index contributed by atoms with van der Waals surface area (Å²) < 4.78 is 30.3. The van der Waals surface area contributed by atoms with Crippen LogP contribution in [0.5, 0.6) is 0 Å². The summed E-state index contributed by atoms with van der Waals surface area (Å²) in [5.41, 5.74) is 3.62. The summed E-state index contributed by atoms with van der Waals surface area (Å²) in [6.45, 7) is 3.66. The third-order valence-corrected chi connectivity index (χ3v) is 3.03. The van der Waals surface area contributed by atoms with Crippen LogP contribution in [0.2, 0.25) is 0 Å². The molecular formula is C13H11F2N3O. The molecule has 3 rings (SSSR count). The number of nitrogens with one attached hydrogen (secondary N) is 1. The van der Waals surface area contributed by atoms with Crippen LogP contribution < -0.4 is 0 Å². The lowest BCUT2D eigenvalue weighted by atomic mass is 10.0. The molecule has 0 saturated heterocycles. The van der Waals surface area contributed by atoms with Crippen LogP contribution in [0.25, 0.3) is 22.2 Å². The van der Waals surface area contributed by atoms with E-state index in [1.54, 1.807) is 12.1 Å². The summed E-state index contributed by atoms with van der Waals surface area (Å²) in [5, 5.41) is 3.89. The fraction of sp³-hybridized carbons (Fsp3) is 0.231. The molecule has 2 aromatic heterocycles. The third kappa shape index (κ3) is 1.89. The Kier molecular flexibility index (Phi) is 2.58. The average Bonchev–Trinajstić information content (AvgIpc) is 2.92. The number of fused-ring (bicyclic) bond motifs is 1. The van der Waals surface area contributed by atoms with Crippen LogP contribution in [0.3, 0.4) is 0 Å². The third-order valence-electron chi connectivity index (χ3n) is 3.03. The number of benzene rings is 1. The summed E-state index contributed by atoms with van der Waals surface area (Å²) in [5.74, 6) is 0.386. The van der Waals surface area contributed by atoms with Gasteiger partial charge in [-0.25, -0.2) is 13.8 Å². The monoisotopic (exact) mass is 263 g/mol. The zero-order chi connectivity index (χ0) is 13.6. The molecule has 0 aliphatic carbocycles. The SMILES string of the molecule is Cc1noc(C)c1-c1ccc2nc(C(F)F)[nH]c2c1. The lowest BCUT2D eigenvalue weighted by Gasteiger charge is -1.99. The topological polar surface area (TPSA) is 54.7 Å². The molecule has 0 aliphatic rings. The number of alkyl halides is 2. The first-order chi connectivity index (χ1) is 9.06. The molecule has 0 amide bonds. The van der Waals surface area contributed by atoms with E-state index in [-0.39, 0.29) is 5.82 Å². The molecule has 3 aromatic rings. The van der Waals surface area contributed by atoms with Gasteiger partial charge in [-0.05, 0) is 31.5 Å². The van der Waals surface area contributed by atoms with Crippen molar-refractivity contribution in [3.05, 3.63) is 35.5 Å². The highest BCUT2D eigenvalue weighted by atomic mass is 19.3. The highest BCUT2D eigenvalue weighted by Gasteiger charge is 2.15. The quantitative estimate of drug-likeness (QED) is 0.765. The minimum absolute atomic E-state index is 0.314. The first-order valence-electron chi connectivity index (χ1n) is 5.77. The van der Waals surface area contributed by atoms with Crippen molar-refractivity contribution in [1.29, 1.82) is 0 Å². The van der Waals surface area contributed by atoms with Gasteiger partial charge in [0.2, 0.25) is 0 Å². The summed E-state index contributed by atoms with van der Waals surface area (Å²) >= 11 is 0. The molecule has 19 heavy (non-hydrogen) atoms. The molecular weight excluding hydrogens is 252 g/mol. The maximum absolute atomic E-state index is 12.6. The van der Waals surface area contributed by atoms with E-state index in [0.717, 1.165) is 16.8 Å². The van der Waals surface area contributed by atoms with Crippen LogP contribution in [-0.4, -0.2) is 15.1 Å². The number of aromatic amines is 1. The van der Waals surface area contributed by atoms with Gasteiger partial charge in [0.25, 0.3) is 6.43 Å². The van der Waals surface area contributed by atoms with Crippen molar-refractivity contribution in [2.45, 2.75) is 20.3 Å². The van der Waals surface area contributed by atoms with Crippen molar-refractivity contribution in [1.82, 2.24) is 15.1 Å². The van der Waals surface area contributed by atoms with Gasteiger partial charge in [0, 0.05) is 5.56 Å². The Bertz CT molecular complexity index is 726. The Morgan fingerprint density at radius 2 is 2.05 bits per heavy atom. The first kappa shape index (κ1) is 11.8. The van der Waals surface area contributed by atoms with Crippen molar-refractivity contribution in [3.8, 4) is 11.1 Å². The van der Waals surface area contributed by atoms with Crippen LogP contribution in [0.4, 0.5) is 8.78 Å². The minimum atomic E-state index is -2.60. The number of aromatic nitrogens is 3. The number of imidazole rings is 1. The molecule has 0 bridgehead atoms. The highest BCUT2D eigenvalue weighted by Crippen LogP contribution is 2.29. The summed E-state index contributed by atoms with van der Waals surface area (Å²) in [6, 6.07) is 5.31. The van der Waals surface area contributed by atoms with Crippen LogP contribution in [-0.2, 0) is 0 Å². The summed E-state index contributed by atoms with van der Waals surface area (Å²) in [4.78, 5) is 6.46. The molecule has 0 aliphatic heterocycles. The van der Waals surface area contributed by atoms with Crippen molar-refractivity contribution in [2.75, 3.05) is 0 Å². The molecule has 4 nitrogen and oxygen atoms in total. The molecule has 1 N–H and O–H groups in total. The zero-order valence-corrected chi connectivity index (χ0v) is 10.4. The van der Waals surface area contributed by atoms with E-state index < -0.39 is 6.43 Å². The summed E-state index contributed by atoms with van der Waals surface area (Å²) in [6.07, 6.45) is -2.60. The van der Waals surface area contributed by atoms with E-state index in [1.165, 1.54) is 0 Å². The molecule has 0 radical (unpaired) electrons. The fourth-order valence-electron chi connectivity index (χ4n) is 2.18. The second kappa shape index (κ2) is 4.15. The molecule has 0 fully saturated rings. The van der Waals surface area contributed by atoms with Crippen LogP contribution >= 0.6 is 0 Å². The number of halogens is 2. The lowest BCUT2D eigenvalue weighted by molar-refractivity contribution is 0.142. The maximum atomic E-state index is 12.6. The van der Waals surface area contributed by atoms with Crippen LogP contribution in [0.15, 0.2) is 22.7 Å². The number of nitrogens with zero attached hydrogens (tertiary/aromatic N) is 2. The molecule has 0 saturated carbocycles. The molecule has 6 heteroatoms. The van der Waals surface area contributed by atoms with Crippen molar-refractivity contribution in [2.24, 2.45) is 0 Å². The maximum Gasteiger partial charge on any atom is 0.295 e. The fourth-order valence-corrected chi connectivity index (χ4v) is 2.18. The largest absolute Gasteiger partial charge is 0.361 e. The van der Waals surface area contributed by atoms with E-state index >= 15 is 0 Å². The number of hydrogen-bond donors (Lipinski definition) is 1. The Morgan fingerprint density at radius 3 is 2.68 bits per heavy atom. The van der Waals surface area contributed by atoms with Gasteiger partial charge in [-0.15, -0.1) is 0 Å². The van der Waals surface area contributed by atoms with Crippen LogP contribution in [0.1, 0.15) is 23.7 Å². The number of rotatable bonds is 2. The van der Waals surface area contributed by atoms with Gasteiger partial charge < -0.3 is 9.51 Å². The predicted molar refractivity (Wildman–Crippen MR) is 66.0 cm³/mol. The van der Waals surface area contributed by atoms with Crippen molar-refractivity contribution in [3.63, 3.8) is 0 Å². The Labute approximate surface area is 107 Å². The van der Waals surface area contributed by atoms with Gasteiger partial charge in [0.05, 0.1) is 16.7 Å². The van der Waals surface area contributed by atoms with Crippen molar-refractivity contribution >= 4 is 11.0 Å².